The molecule has 0 bridgehead atoms. The van der Waals surface area contributed by atoms with Gasteiger partial charge in [0.25, 0.3) is 0 Å². The third-order valence-electron chi connectivity index (χ3n) is 2.65. The van der Waals surface area contributed by atoms with E-state index in [9.17, 15) is 18.9 Å². The minimum absolute atomic E-state index is 0.0943. The number of hydrogen-bond donors (Lipinski definition) is 1. The Morgan fingerprint density at radius 2 is 1.95 bits per heavy atom. The van der Waals surface area contributed by atoms with Gasteiger partial charge in [-0.1, -0.05) is 6.07 Å². The lowest BCUT2D eigenvalue weighted by atomic mass is 10.2. The molecule has 5 nitrogen and oxygen atoms in total. The normalized spacial score (nSPS) is 10.5. The van der Waals surface area contributed by atoms with Crippen molar-refractivity contribution < 1.29 is 23.5 Å². The van der Waals surface area contributed by atoms with Crippen LogP contribution in [-0.2, 0) is 6.61 Å². The summed E-state index contributed by atoms with van der Waals surface area (Å²) in [5.41, 5.74) is -0.661. The van der Waals surface area contributed by atoms with Gasteiger partial charge in [0, 0.05) is 12.1 Å². The zero-order valence-electron chi connectivity index (χ0n) is 10.3. The fraction of sp³-hybridized carbons (Fsp3) is 0.0769. The first-order valence-corrected chi connectivity index (χ1v) is 6.43. The van der Waals surface area contributed by atoms with E-state index >= 15 is 0 Å². The van der Waals surface area contributed by atoms with E-state index in [2.05, 4.69) is 15.9 Å². The Bertz CT molecular complexity index is 709. The highest BCUT2D eigenvalue weighted by atomic mass is 79.9. The van der Waals surface area contributed by atoms with E-state index in [0.29, 0.717) is 0 Å². The van der Waals surface area contributed by atoms with Gasteiger partial charge >= 0.3 is 5.69 Å². The molecule has 110 valence electrons. The van der Waals surface area contributed by atoms with Crippen molar-refractivity contribution in [2.45, 2.75) is 6.61 Å². The summed E-state index contributed by atoms with van der Waals surface area (Å²) in [5, 5.41) is 20.1. The number of nitro benzene ring substituents is 1. The van der Waals surface area contributed by atoms with Crippen molar-refractivity contribution in [2.24, 2.45) is 0 Å². The maximum absolute atomic E-state index is 13.5. The molecule has 8 heteroatoms. The van der Waals surface area contributed by atoms with Crippen molar-refractivity contribution in [3.63, 3.8) is 0 Å². The van der Waals surface area contributed by atoms with Crippen LogP contribution in [0.15, 0.2) is 34.8 Å². The predicted octanol–water partition coefficient (Wildman–Crippen LogP) is 3.92. The molecule has 0 radical (unpaired) electrons. The minimum Gasteiger partial charge on any atom is -0.450 e. The van der Waals surface area contributed by atoms with Gasteiger partial charge in [0.15, 0.2) is 0 Å². The smallest absolute Gasteiger partial charge is 0.312 e. The molecule has 1 N–H and O–H groups in total. The molecule has 0 saturated heterocycles. The van der Waals surface area contributed by atoms with Gasteiger partial charge in [0.05, 0.1) is 21.6 Å². The molecule has 0 aliphatic carbocycles. The summed E-state index contributed by atoms with van der Waals surface area (Å²) in [4.78, 5) is 10.2. The van der Waals surface area contributed by atoms with E-state index in [1.807, 2.05) is 0 Å². The summed E-state index contributed by atoms with van der Waals surface area (Å²) in [7, 11) is 0. The lowest BCUT2D eigenvalue weighted by Crippen LogP contribution is -1.99. The number of aliphatic hydroxyl groups is 1. The van der Waals surface area contributed by atoms with Gasteiger partial charge < -0.3 is 9.84 Å². The molecule has 0 spiro atoms. The molecule has 0 atom stereocenters. The molecule has 0 fully saturated rings. The summed E-state index contributed by atoms with van der Waals surface area (Å²) in [6.45, 7) is -0.658. The highest BCUT2D eigenvalue weighted by Gasteiger charge is 2.21. The molecule has 0 saturated carbocycles. The van der Waals surface area contributed by atoms with Crippen LogP contribution in [-0.4, -0.2) is 10.0 Å². The molecular weight excluding hydrogens is 352 g/mol. The van der Waals surface area contributed by atoms with Crippen molar-refractivity contribution in [3.8, 4) is 11.5 Å². The average Bonchev–Trinajstić information content (AvgIpc) is 2.42. The maximum atomic E-state index is 13.5. The molecule has 2 aromatic carbocycles. The molecule has 0 aliphatic heterocycles. The van der Waals surface area contributed by atoms with Gasteiger partial charge in [0.1, 0.15) is 17.4 Å². The molecular formula is C13H8BrF2NO4. The summed E-state index contributed by atoms with van der Waals surface area (Å²) in [5.74, 6) is -2.00. The van der Waals surface area contributed by atoms with Crippen LogP contribution >= 0.6 is 15.9 Å². The number of nitro groups is 1. The van der Waals surface area contributed by atoms with Gasteiger partial charge in [0.2, 0.25) is 5.75 Å². The Balaban J connectivity index is 2.51. The zero-order chi connectivity index (χ0) is 15.6. The van der Waals surface area contributed by atoms with Gasteiger partial charge in [-0.3, -0.25) is 10.1 Å². The molecule has 0 heterocycles. The Labute approximate surface area is 126 Å². The van der Waals surface area contributed by atoms with Crippen LogP contribution in [0.4, 0.5) is 14.5 Å². The molecule has 0 aromatic heterocycles. The highest BCUT2D eigenvalue weighted by Crippen LogP contribution is 2.36. The Morgan fingerprint density at radius 3 is 2.57 bits per heavy atom. The molecule has 0 amide bonds. The fourth-order valence-electron chi connectivity index (χ4n) is 1.65. The van der Waals surface area contributed by atoms with E-state index in [0.717, 1.165) is 18.2 Å². The standard InChI is InChI=1S/C13H8BrF2NO4/c14-8-4-11(17(19)20)13(5-10(8)16)21-12-3-1-2-9(15)7(12)6-18/h1-5,18H,6H2. The Kier molecular flexibility index (Phi) is 4.49. The highest BCUT2D eigenvalue weighted by molar-refractivity contribution is 9.10. The van der Waals surface area contributed by atoms with Crippen LogP contribution in [0.5, 0.6) is 11.5 Å². The van der Waals surface area contributed by atoms with Crippen molar-refractivity contribution in [1.29, 1.82) is 0 Å². The summed E-state index contributed by atoms with van der Waals surface area (Å²) in [6, 6.07) is 5.50. The van der Waals surface area contributed by atoms with Gasteiger partial charge in [-0.15, -0.1) is 0 Å². The topological polar surface area (TPSA) is 72.6 Å². The van der Waals surface area contributed by atoms with Crippen molar-refractivity contribution in [2.75, 3.05) is 0 Å². The van der Waals surface area contributed by atoms with Gasteiger partial charge in [-0.25, -0.2) is 8.78 Å². The molecule has 0 unspecified atom stereocenters. The first-order valence-electron chi connectivity index (χ1n) is 5.63. The van der Waals surface area contributed by atoms with Crippen molar-refractivity contribution in [1.82, 2.24) is 0 Å². The first-order chi connectivity index (χ1) is 9.93. The number of ether oxygens (including phenoxy) is 1. The summed E-state index contributed by atoms with van der Waals surface area (Å²) < 4.78 is 32.1. The number of rotatable bonds is 4. The van der Waals surface area contributed by atoms with Crippen LogP contribution in [0.25, 0.3) is 0 Å². The number of hydrogen-bond acceptors (Lipinski definition) is 4. The van der Waals surface area contributed by atoms with E-state index in [1.165, 1.54) is 12.1 Å². The van der Waals surface area contributed by atoms with Gasteiger partial charge in [-0.05, 0) is 28.1 Å². The third-order valence-corrected chi connectivity index (χ3v) is 3.26. The number of benzene rings is 2. The lowest BCUT2D eigenvalue weighted by molar-refractivity contribution is -0.385. The number of aliphatic hydroxyl groups excluding tert-OH is 1. The zero-order valence-corrected chi connectivity index (χ0v) is 11.9. The molecule has 0 aliphatic rings. The second-order valence-electron chi connectivity index (χ2n) is 3.97. The first kappa shape index (κ1) is 15.3. The average molecular weight is 360 g/mol. The quantitative estimate of drug-likeness (QED) is 0.663. The molecule has 2 aromatic rings. The van der Waals surface area contributed by atoms with Gasteiger partial charge in [-0.2, -0.15) is 0 Å². The maximum Gasteiger partial charge on any atom is 0.312 e. The van der Waals surface area contributed by atoms with Crippen LogP contribution in [0.2, 0.25) is 0 Å². The van der Waals surface area contributed by atoms with E-state index in [4.69, 9.17) is 9.84 Å². The Morgan fingerprint density at radius 1 is 1.24 bits per heavy atom. The number of nitrogens with zero attached hydrogens (tertiary/aromatic N) is 1. The lowest BCUT2D eigenvalue weighted by Gasteiger charge is -2.11. The largest absolute Gasteiger partial charge is 0.450 e. The third kappa shape index (κ3) is 3.17. The summed E-state index contributed by atoms with van der Waals surface area (Å²) in [6.07, 6.45) is 0. The van der Waals surface area contributed by atoms with Crippen LogP contribution in [0.3, 0.4) is 0 Å². The van der Waals surface area contributed by atoms with Crippen LogP contribution in [0.1, 0.15) is 5.56 Å². The molecule has 21 heavy (non-hydrogen) atoms. The van der Waals surface area contributed by atoms with Crippen LogP contribution < -0.4 is 4.74 Å². The molecule has 2 rings (SSSR count). The second kappa shape index (κ2) is 6.15. The monoisotopic (exact) mass is 359 g/mol. The second-order valence-corrected chi connectivity index (χ2v) is 4.82. The van der Waals surface area contributed by atoms with Crippen LogP contribution in [0, 0.1) is 21.7 Å². The van der Waals surface area contributed by atoms with Crippen molar-refractivity contribution >= 4 is 21.6 Å². The van der Waals surface area contributed by atoms with E-state index < -0.39 is 28.9 Å². The van der Waals surface area contributed by atoms with E-state index in [-0.39, 0.29) is 21.5 Å². The Hall–Kier alpha value is -2.06. The predicted molar refractivity (Wildman–Crippen MR) is 73.2 cm³/mol. The SMILES string of the molecule is O=[N+]([O-])c1cc(Br)c(F)cc1Oc1cccc(F)c1CO. The fourth-order valence-corrected chi connectivity index (χ4v) is 1.98. The number of halogens is 3. The van der Waals surface area contributed by atoms with Crippen molar-refractivity contribution in [3.05, 3.63) is 62.1 Å². The van der Waals surface area contributed by atoms with E-state index in [1.54, 1.807) is 0 Å². The minimum atomic E-state index is -0.766. The summed E-state index contributed by atoms with van der Waals surface area (Å²) >= 11 is 2.84.